The van der Waals surface area contributed by atoms with Gasteiger partial charge in [-0.2, -0.15) is 0 Å². The van der Waals surface area contributed by atoms with Crippen LogP contribution in [0.15, 0.2) is 12.1 Å². The van der Waals surface area contributed by atoms with E-state index >= 15 is 0 Å². The number of amides is 1. The molecule has 0 aromatic carbocycles. The van der Waals surface area contributed by atoms with Gasteiger partial charge in [-0.25, -0.2) is 4.98 Å². The lowest BCUT2D eigenvalue weighted by atomic mass is 10.4. The average Bonchev–Trinajstić information content (AvgIpc) is 3.02. The van der Waals surface area contributed by atoms with Crippen LogP contribution in [0.4, 0.5) is 10.9 Å². The average molecular weight is 324 g/mol. The van der Waals surface area contributed by atoms with Crippen molar-refractivity contribution in [2.75, 3.05) is 24.2 Å². The minimum atomic E-state index is -0.160. The van der Waals surface area contributed by atoms with E-state index in [1.807, 2.05) is 31.0 Å². The van der Waals surface area contributed by atoms with Crippen molar-refractivity contribution in [2.45, 2.75) is 26.8 Å². The van der Waals surface area contributed by atoms with Crippen LogP contribution in [0.2, 0.25) is 0 Å². The summed E-state index contributed by atoms with van der Waals surface area (Å²) in [6.07, 6.45) is 1.02. The fraction of sp³-hybridized carbons (Fsp3) is 0.429. The van der Waals surface area contributed by atoms with Gasteiger partial charge in [0.2, 0.25) is 0 Å². The smallest absolute Gasteiger partial charge is 0.265 e. The van der Waals surface area contributed by atoms with Gasteiger partial charge in [0.1, 0.15) is 10.7 Å². The van der Waals surface area contributed by atoms with Crippen molar-refractivity contribution in [3.05, 3.63) is 26.8 Å². The van der Waals surface area contributed by atoms with Crippen molar-refractivity contribution >= 4 is 39.5 Å². The van der Waals surface area contributed by atoms with Gasteiger partial charge in [-0.05, 0) is 25.5 Å². The van der Waals surface area contributed by atoms with Gasteiger partial charge in [-0.3, -0.25) is 4.79 Å². The lowest BCUT2D eigenvalue weighted by molar-refractivity contribution is 0.0956. The molecule has 1 amide bonds. The Balaban J connectivity index is 2.02. The van der Waals surface area contributed by atoms with E-state index in [2.05, 4.69) is 17.2 Å². The molecule has 0 aliphatic heterocycles. The van der Waals surface area contributed by atoms with Crippen molar-refractivity contribution in [1.29, 1.82) is 0 Å². The Labute approximate surface area is 132 Å². The third-order valence-electron chi connectivity index (χ3n) is 2.95. The fourth-order valence-corrected chi connectivity index (χ4v) is 3.62. The molecule has 0 spiro atoms. The predicted octanol–water partition coefficient (Wildman–Crippen LogP) is 2.87. The molecule has 0 saturated heterocycles. The van der Waals surface area contributed by atoms with Crippen LogP contribution in [0.1, 0.15) is 32.8 Å². The number of nitrogens with two attached hydrogens (primary N) is 1. The summed E-state index contributed by atoms with van der Waals surface area (Å²) in [4.78, 5) is 21.3. The summed E-state index contributed by atoms with van der Waals surface area (Å²) < 4.78 is 0. The number of carbonyl (C=O) groups is 1. The summed E-state index contributed by atoms with van der Waals surface area (Å²) in [5, 5.41) is 3.68. The number of thiophene rings is 1. The summed E-state index contributed by atoms with van der Waals surface area (Å²) in [6, 6.07) is 4.07. The second-order valence-corrected chi connectivity index (χ2v) is 7.18. The van der Waals surface area contributed by atoms with Crippen LogP contribution < -0.4 is 16.0 Å². The quantitative estimate of drug-likeness (QED) is 0.857. The molecule has 2 aromatic rings. The van der Waals surface area contributed by atoms with Crippen LogP contribution in [-0.2, 0) is 6.54 Å². The van der Waals surface area contributed by atoms with Crippen molar-refractivity contribution in [1.82, 2.24) is 10.3 Å². The maximum atomic E-state index is 12.2. The van der Waals surface area contributed by atoms with Gasteiger partial charge in [0.05, 0.1) is 6.54 Å². The molecule has 0 atom stereocenters. The van der Waals surface area contributed by atoms with Gasteiger partial charge >= 0.3 is 0 Å². The summed E-state index contributed by atoms with van der Waals surface area (Å²) in [6.45, 7) is 5.56. The molecular weight excluding hydrogens is 304 g/mol. The summed E-state index contributed by atoms with van der Waals surface area (Å²) in [5.74, 6) is 0.144. The van der Waals surface area contributed by atoms with Gasteiger partial charge in [0.15, 0.2) is 5.13 Å². The molecule has 0 aliphatic carbocycles. The Kier molecular flexibility index (Phi) is 5.19. The summed E-state index contributed by atoms with van der Waals surface area (Å²) in [5.41, 5.74) is 5.86. The fourth-order valence-electron chi connectivity index (χ4n) is 1.91. The predicted molar refractivity (Wildman–Crippen MR) is 90.3 cm³/mol. The number of thiazole rings is 1. The first kappa shape index (κ1) is 15.8. The number of aromatic nitrogens is 1. The van der Waals surface area contributed by atoms with E-state index in [0.717, 1.165) is 23.0 Å². The molecule has 21 heavy (non-hydrogen) atoms. The van der Waals surface area contributed by atoms with Crippen molar-refractivity contribution in [2.24, 2.45) is 0 Å². The Morgan fingerprint density at radius 1 is 1.43 bits per heavy atom. The highest BCUT2D eigenvalue weighted by Gasteiger charge is 2.17. The number of rotatable bonds is 6. The van der Waals surface area contributed by atoms with Crippen LogP contribution in [0.5, 0.6) is 0 Å². The number of aryl methyl sites for hydroxylation is 1. The molecule has 0 aliphatic rings. The zero-order valence-corrected chi connectivity index (χ0v) is 14.1. The Morgan fingerprint density at radius 2 is 2.19 bits per heavy atom. The van der Waals surface area contributed by atoms with E-state index in [0.29, 0.717) is 17.2 Å². The lowest BCUT2D eigenvalue weighted by Crippen LogP contribution is -2.22. The van der Waals surface area contributed by atoms with E-state index < -0.39 is 0 Å². The first-order valence-electron chi connectivity index (χ1n) is 6.82. The number of nitrogen functional groups attached to an aromatic ring is 1. The Bertz CT molecular complexity index is 620. The number of nitrogens with zero attached hydrogens (tertiary/aromatic N) is 2. The van der Waals surface area contributed by atoms with Crippen molar-refractivity contribution in [3.8, 4) is 0 Å². The van der Waals surface area contributed by atoms with Gasteiger partial charge in [0, 0.05) is 23.3 Å². The highest BCUT2D eigenvalue weighted by molar-refractivity contribution is 7.18. The van der Waals surface area contributed by atoms with E-state index in [1.54, 1.807) is 11.3 Å². The lowest BCUT2D eigenvalue weighted by Gasteiger charge is -2.13. The molecule has 0 radical (unpaired) electrons. The highest BCUT2D eigenvalue weighted by atomic mass is 32.1. The van der Waals surface area contributed by atoms with Crippen LogP contribution in [-0.4, -0.2) is 24.5 Å². The van der Waals surface area contributed by atoms with E-state index in [4.69, 9.17) is 5.73 Å². The van der Waals surface area contributed by atoms with E-state index in [-0.39, 0.29) is 5.91 Å². The SMILES string of the molecule is CCCN(C)c1nc(N)c(C(=O)NCc2ccc(C)s2)s1. The van der Waals surface area contributed by atoms with Crippen LogP contribution in [0, 0.1) is 6.92 Å². The minimum Gasteiger partial charge on any atom is -0.382 e. The highest BCUT2D eigenvalue weighted by Crippen LogP contribution is 2.27. The molecule has 5 nitrogen and oxygen atoms in total. The van der Waals surface area contributed by atoms with Gasteiger partial charge < -0.3 is 16.0 Å². The molecule has 0 fully saturated rings. The molecule has 0 unspecified atom stereocenters. The van der Waals surface area contributed by atoms with Crippen LogP contribution in [0.3, 0.4) is 0 Å². The first-order chi connectivity index (χ1) is 10.0. The third-order valence-corrected chi connectivity index (χ3v) is 5.14. The maximum absolute atomic E-state index is 12.2. The maximum Gasteiger partial charge on any atom is 0.265 e. The molecule has 114 valence electrons. The standard InChI is InChI=1S/C14H20N4OS2/c1-4-7-18(3)14-17-12(15)11(21-14)13(19)16-8-10-6-5-9(2)20-10/h5-6H,4,7-8,15H2,1-3H3,(H,16,19). The molecule has 2 rings (SSSR count). The first-order valence-corrected chi connectivity index (χ1v) is 8.45. The topological polar surface area (TPSA) is 71.2 Å². The third kappa shape index (κ3) is 3.95. The largest absolute Gasteiger partial charge is 0.382 e. The van der Waals surface area contributed by atoms with Gasteiger partial charge in [-0.1, -0.05) is 18.3 Å². The number of carbonyl (C=O) groups excluding carboxylic acids is 1. The molecule has 7 heteroatoms. The molecule has 0 bridgehead atoms. The molecule has 0 saturated carbocycles. The monoisotopic (exact) mass is 324 g/mol. The van der Waals surface area contributed by atoms with Crippen LogP contribution >= 0.6 is 22.7 Å². The number of nitrogens with one attached hydrogen (secondary N) is 1. The molecule has 2 aromatic heterocycles. The second kappa shape index (κ2) is 6.91. The van der Waals surface area contributed by atoms with E-state index in [1.165, 1.54) is 16.2 Å². The zero-order valence-electron chi connectivity index (χ0n) is 12.5. The molecule has 3 N–H and O–H groups in total. The minimum absolute atomic E-state index is 0.160. The molecular formula is C14H20N4OS2. The van der Waals surface area contributed by atoms with Crippen LogP contribution in [0.25, 0.3) is 0 Å². The van der Waals surface area contributed by atoms with Gasteiger partial charge in [0.25, 0.3) is 5.91 Å². The molecule has 2 heterocycles. The number of hydrogen-bond acceptors (Lipinski definition) is 6. The van der Waals surface area contributed by atoms with Crippen molar-refractivity contribution in [3.63, 3.8) is 0 Å². The number of hydrogen-bond donors (Lipinski definition) is 2. The Morgan fingerprint density at radius 3 is 2.81 bits per heavy atom. The van der Waals surface area contributed by atoms with Gasteiger partial charge in [-0.15, -0.1) is 11.3 Å². The summed E-state index contributed by atoms with van der Waals surface area (Å²) in [7, 11) is 1.96. The normalized spacial score (nSPS) is 10.6. The summed E-state index contributed by atoms with van der Waals surface area (Å²) >= 11 is 3.02. The Hall–Kier alpha value is -1.60. The van der Waals surface area contributed by atoms with Crippen molar-refractivity contribution < 1.29 is 4.79 Å². The zero-order chi connectivity index (χ0) is 15.4. The number of anilines is 2. The second-order valence-electron chi connectivity index (χ2n) is 4.83. The van der Waals surface area contributed by atoms with E-state index in [9.17, 15) is 4.79 Å².